The lowest BCUT2D eigenvalue weighted by molar-refractivity contribution is -0.0971. The summed E-state index contributed by atoms with van der Waals surface area (Å²) < 4.78 is 5.47. The highest BCUT2D eigenvalue weighted by molar-refractivity contribution is 5.88. The molecule has 2 atom stereocenters. The maximum Gasteiger partial charge on any atom is 0.325 e. The van der Waals surface area contributed by atoms with Gasteiger partial charge in [0.1, 0.15) is 6.73 Å². The third-order valence-corrected chi connectivity index (χ3v) is 6.16. The Bertz CT molecular complexity index is 555. The Kier molecular flexibility index (Phi) is 6.66. The molecule has 0 N–H and O–H groups in total. The van der Waals surface area contributed by atoms with E-state index in [4.69, 9.17) is 4.74 Å². The molecule has 0 aromatic heterocycles. The van der Waals surface area contributed by atoms with Crippen LogP contribution in [-0.4, -0.2) is 76.5 Å². The van der Waals surface area contributed by atoms with Gasteiger partial charge in [-0.1, -0.05) is 34.1 Å². The van der Waals surface area contributed by atoms with Crippen molar-refractivity contribution < 1.29 is 14.3 Å². The zero-order chi connectivity index (χ0) is 20.4. The molecule has 0 spiro atoms. The van der Waals surface area contributed by atoms with E-state index in [1.54, 1.807) is 7.11 Å². The summed E-state index contributed by atoms with van der Waals surface area (Å²) in [5.41, 5.74) is -1.36. The molecule has 27 heavy (non-hydrogen) atoms. The van der Waals surface area contributed by atoms with Crippen molar-refractivity contribution in [2.24, 2.45) is 5.92 Å². The van der Waals surface area contributed by atoms with Gasteiger partial charge in [0.2, 0.25) is 0 Å². The second-order valence-electron chi connectivity index (χ2n) is 7.99. The van der Waals surface area contributed by atoms with Crippen LogP contribution < -0.4 is 0 Å². The van der Waals surface area contributed by atoms with Crippen molar-refractivity contribution in [1.82, 2.24) is 19.6 Å². The first-order chi connectivity index (χ1) is 12.8. The monoisotopic (exact) mass is 382 g/mol. The van der Waals surface area contributed by atoms with Crippen molar-refractivity contribution in [3.63, 3.8) is 0 Å². The van der Waals surface area contributed by atoms with Crippen LogP contribution in [0.5, 0.6) is 0 Å². The molecule has 2 rings (SSSR count). The van der Waals surface area contributed by atoms with Crippen molar-refractivity contribution >= 4 is 12.1 Å². The summed E-state index contributed by atoms with van der Waals surface area (Å²) in [7, 11) is 1.62. The number of unbranched alkanes of at least 4 members (excludes halogenated alkanes) is 1. The van der Waals surface area contributed by atoms with Gasteiger partial charge in [0, 0.05) is 26.7 Å². The molecule has 2 heterocycles. The highest BCUT2D eigenvalue weighted by Crippen LogP contribution is 2.55. The molecular weight excluding hydrogens is 344 g/mol. The van der Waals surface area contributed by atoms with E-state index in [1.807, 2.05) is 33.4 Å². The lowest BCUT2D eigenvalue weighted by atomic mass is 9.84. The number of carbonyl (C=O) groups is 2. The molecule has 0 radical (unpaired) electrons. The Morgan fingerprint density at radius 2 is 1.44 bits per heavy atom. The molecule has 7 heteroatoms. The van der Waals surface area contributed by atoms with Crippen LogP contribution in [0.2, 0.25) is 0 Å². The predicted molar refractivity (Wildman–Crippen MR) is 106 cm³/mol. The van der Waals surface area contributed by atoms with E-state index >= 15 is 0 Å². The first kappa shape index (κ1) is 21.8. The molecule has 156 valence electrons. The molecule has 2 saturated heterocycles. The minimum absolute atomic E-state index is 0.0305. The summed E-state index contributed by atoms with van der Waals surface area (Å²) in [6.07, 6.45) is 3.42. The number of ether oxygens (including phenoxy) is 1. The minimum atomic E-state index is -0.696. The van der Waals surface area contributed by atoms with Gasteiger partial charge in [0.25, 0.3) is 0 Å². The van der Waals surface area contributed by atoms with Gasteiger partial charge in [-0.2, -0.15) is 0 Å². The van der Waals surface area contributed by atoms with Crippen LogP contribution in [0.15, 0.2) is 0 Å². The van der Waals surface area contributed by atoms with E-state index in [-0.39, 0.29) is 18.8 Å². The van der Waals surface area contributed by atoms with Gasteiger partial charge in [-0.15, -0.1) is 0 Å². The van der Waals surface area contributed by atoms with Crippen molar-refractivity contribution in [1.29, 1.82) is 0 Å². The van der Waals surface area contributed by atoms with Crippen LogP contribution >= 0.6 is 0 Å². The van der Waals surface area contributed by atoms with E-state index in [1.165, 1.54) is 0 Å². The first-order valence-corrected chi connectivity index (χ1v) is 10.5. The number of amides is 4. The summed E-state index contributed by atoms with van der Waals surface area (Å²) in [6, 6.07) is 0.00761. The molecule has 2 fully saturated rings. The SMILES string of the molecule is CCCCC12N(COC)C(=O)N(CC)C1(CC)N(CC)C(=O)N2CC(C)C. The van der Waals surface area contributed by atoms with E-state index in [2.05, 4.69) is 27.7 Å². The van der Waals surface area contributed by atoms with Crippen LogP contribution in [0, 0.1) is 5.92 Å². The number of methoxy groups -OCH3 is 1. The molecule has 0 bridgehead atoms. The van der Waals surface area contributed by atoms with Gasteiger partial charge in [0.15, 0.2) is 11.3 Å². The molecular formula is C20H38N4O3. The highest BCUT2D eigenvalue weighted by Gasteiger charge is 2.76. The number of hydrogen-bond donors (Lipinski definition) is 0. The minimum Gasteiger partial charge on any atom is -0.364 e. The lowest BCUT2D eigenvalue weighted by Crippen LogP contribution is -2.68. The number of urea groups is 2. The maximum atomic E-state index is 13.6. The predicted octanol–water partition coefficient (Wildman–Crippen LogP) is 3.75. The van der Waals surface area contributed by atoms with Gasteiger partial charge >= 0.3 is 12.1 Å². The van der Waals surface area contributed by atoms with Crippen LogP contribution in [0.3, 0.4) is 0 Å². The summed E-state index contributed by atoms with van der Waals surface area (Å²) in [5, 5.41) is 0. The smallest absolute Gasteiger partial charge is 0.325 e. The fraction of sp³-hybridized carbons (Fsp3) is 0.900. The number of nitrogens with zero attached hydrogens (tertiary/aromatic N) is 4. The van der Waals surface area contributed by atoms with Crippen molar-refractivity contribution in [3.8, 4) is 0 Å². The zero-order valence-corrected chi connectivity index (χ0v) is 18.2. The second-order valence-corrected chi connectivity index (χ2v) is 7.99. The topological polar surface area (TPSA) is 56.3 Å². The summed E-state index contributed by atoms with van der Waals surface area (Å²) >= 11 is 0. The molecule has 2 unspecified atom stereocenters. The van der Waals surface area contributed by atoms with Gasteiger partial charge in [-0.3, -0.25) is 19.6 Å². The number of carbonyl (C=O) groups excluding carboxylic acids is 2. The second kappa shape index (κ2) is 8.25. The Morgan fingerprint density at radius 3 is 1.85 bits per heavy atom. The lowest BCUT2D eigenvalue weighted by Gasteiger charge is -2.49. The Morgan fingerprint density at radius 1 is 0.889 bits per heavy atom. The number of rotatable bonds is 10. The summed E-state index contributed by atoms with van der Waals surface area (Å²) in [5.74, 6) is 0.314. The fourth-order valence-corrected chi connectivity index (χ4v) is 5.32. The van der Waals surface area contributed by atoms with Crippen LogP contribution in [0.4, 0.5) is 9.59 Å². The van der Waals surface area contributed by atoms with Crippen molar-refractivity contribution in [2.75, 3.05) is 33.5 Å². The van der Waals surface area contributed by atoms with Gasteiger partial charge in [0.05, 0.1) is 0 Å². The Labute approximate surface area is 164 Å². The molecule has 2 aliphatic rings. The standard InChI is InChI=1S/C20H38N4O3/c1-8-12-13-20-19(9-2,22(11-4)18(26)24(20)15-27-7)21(10-3)17(25)23(20)14-16(5)6/h16H,8-15H2,1-7H3. The zero-order valence-electron chi connectivity index (χ0n) is 18.2. The van der Waals surface area contributed by atoms with Crippen LogP contribution in [-0.2, 0) is 4.74 Å². The third-order valence-electron chi connectivity index (χ3n) is 6.16. The number of likely N-dealkylation sites (N-methyl/N-ethyl adjacent to an activating group) is 2. The Balaban J connectivity index is 2.79. The molecule has 0 aromatic carbocycles. The highest BCUT2D eigenvalue weighted by atomic mass is 16.5. The molecule has 2 aliphatic heterocycles. The van der Waals surface area contributed by atoms with Crippen molar-refractivity contribution in [2.45, 2.75) is 78.6 Å². The number of hydrogen-bond acceptors (Lipinski definition) is 3. The van der Waals surface area contributed by atoms with Crippen molar-refractivity contribution in [3.05, 3.63) is 0 Å². The van der Waals surface area contributed by atoms with Gasteiger partial charge in [-0.25, -0.2) is 9.59 Å². The van der Waals surface area contributed by atoms with E-state index < -0.39 is 11.3 Å². The van der Waals surface area contributed by atoms with E-state index in [0.29, 0.717) is 32.0 Å². The summed E-state index contributed by atoms with van der Waals surface area (Å²) in [6.45, 7) is 14.5. The fourth-order valence-electron chi connectivity index (χ4n) is 5.32. The Hall–Kier alpha value is -1.50. The van der Waals surface area contributed by atoms with Crippen LogP contribution in [0.25, 0.3) is 0 Å². The molecule has 7 nitrogen and oxygen atoms in total. The maximum absolute atomic E-state index is 13.6. The molecule has 0 saturated carbocycles. The van der Waals surface area contributed by atoms with Gasteiger partial charge in [-0.05, 0) is 39.0 Å². The van der Waals surface area contributed by atoms with Gasteiger partial charge < -0.3 is 4.74 Å². The molecule has 4 amide bonds. The average Bonchev–Trinajstić information content (AvgIpc) is 2.96. The quantitative estimate of drug-likeness (QED) is 0.578. The van der Waals surface area contributed by atoms with E-state index in [0.717, 1.165) is 19.3 Å². The average molecular weight is 383 g/mol. The molecule has 0 aliphatic carbocycles. The summed E-state index contributed by atoms with van der Waals surface area (Å²) in [4.78, 5) is 34.7. The first-order valence-electron chi connectivity index (χ1n) is 10.5. The van der Waals surface area contributed by atoms with E-state index in [9.17, 15) is 9.59 Å². The van der Waals surface area contributed by atoms with Crippen LogP contribution in [0.1, 0.15) is 67.2 Å². The molecule has 0 aromatic rings. The third kappa shape index (κ3) is 2.80. The normalized spacial score (nSPS) is 28.1. The number of fused-ring (bicyclic) bond motifs is 1. The largest absolute Gasteiger partial charge is 0.364 e.